The molecule has 0 aromatic heterocycles. The van der Waals surface area contributed by atoms with Crippen LogP contribution in [0.4, 0.5) is 29.7 Å². The van der Waals surface area contributed by atoms with Crippen LogP contribution in [0.25, 0.3) is 0 Å². The summed E-state index contributed by atoms with van der Waals surface area (Å²) in [5, 5.41) is 17.7. The number of nitrogens with one attached hydrogen (secondary N) is 6. The van der Waals surface area contributed by atoms with Crippen molar-refractivity contribution in [3.63, 3.8) is 0 Å². The fourth-order valence-electron chi connectivity index (χ4n) is 10.6. The second kappa shape index (κ2) is 20.1. The number of carbonyl (C=O) groups is 7. The van der Waals surface area contributed by atoms with E-state index in [-0.39, 0.29) is 97.4 Å². The lowest BCUT2D eigenvalue weighted by Crippen LogP contribution is -2.62. The van der Waals surface area contributed by atoms with E-state index in [0.717, 1.165) is 17.5 Å². The Hall–Kier alpha value is -6.63. The van der Waals surface area contributed by atoms with E-state index < -0.39 is 42.0 Å². The first-order valence-corrected chi connectivity index (χ1v) is 24.2. The van der Waals surface area contributed by atoms with E-state index in [1.807, 2.05) is 0 Å². The van der Waals surface area contributed by atoms with Crippen molar-refractivity contribution in [1.29, 1.82) is 0 Å². The number of nitrogens with zero attached hydrogens (tertiary/aromatic N) is 4. The van der Waals surface area contributed by atoms with Crippen LogP contribution in [0, 0.1) is 11.6 Å². The fraction of sp³-hybridized carbons (Fsp3) is 0.500. The molecule has 19 heteroatoms. The summed E-state index contributed by atoms with van der Waals surface area (Å²) in [6.07, 6.45) is 4.64. The summed E-state index contributed by atoms with van der Waals surface area (Å²) in [6, 6.07) is 14.5. The molecule has 4 aliphatic heterocycles. The molecule has 0 bridgehead atoms. The maximum Gasteiger partial charge on any atom is 0.321 e. The minimum atomic E-state index is -1.13. The average molecular weight is 951 g/mol. The molecule has 4 saturated heterocycles. The van der Waals surface area contributed by atoms with E-state index in [2.05, 4.69) is 31.9 Å². The highest BCUT2D eigenvalue weighted by molar-refractivity contribution is 5.96. The third-order valence-electron chi connectivity index (χ3n) is 14.9. The molecular formula is C50H60F2N10O7. The minimum absolute atomic E-state index is 0.0531. The van der Waals surface area contributed by atoms with Gasteiger partial charge >= 0.3 is 12.1 Å². The van der Waals surface area contributed by atoms with Crippen molar-refractivity contribution < 1.29 is 42.3 Å². The van der Waals surface area contributed by atoms with Crippen molar-refractivity contribution in [1.82, 2.24) is 40.9 Å². The minimum Gasteiger partial charge on any atom is -0.351 e. The van der Waals surface area contributed by atoms with Gasteiger partial charge in [-0.05, 0) is 125 Å². The van der Waals surface area contributed by atoms with Crippen LogP contribution < -0.4 is 31.9 Å². The molecule has 6 aliphatic rings. The van der Waals surface area contributed by atoms with Crippen LogP contribution in [0.1, 0.15) is 87.7 Å². The zero-order chi connectivity index (χ0) is 48.5. The largest absolute Gasteiger partial charge is 0.351 e. The van der Waals surface area contributed by atoms with Crippen molar-refractivity contribution in [2.45, 2.75) is 125 Å². The highest BCUT2D eigenvalue weighted by Gasteiger charge is 2.49. The van der Waals surface area contributed by atoms with Gasteiger partial charge in [-0.3, -0.25) is 24.0 Å². The average Bonchev–Trinajstić information content (AvgIpc) is 4.19. The monoisotopic (exact) mass is 950 g/mol. The van der Waals surface area contributed by atoms with E-state index in [9.17, 15) is 42.3 Å². The van der Waals surface area contributed by atoms with Crippen molar-refractivity contribution in [3.05, 3.63) is 95.6 Å². The van der Waals surface area contributed by atoms with Gasteiger partial charge in [-0.2, -0.15) is 0 Å². The smallest absolute Gasteiger partial charge is 0.321 e. The van der Waals surface area contributed by atoms with E-state index in [4.69, 9.17) is 0 Å². The highest BCUT2D eigenvalue weighted by Crippen LogP contribution is 2.43. The van der Waals surface area contributed by atoms with Gasteiger partial charge in [0.05, 0.1) is 12.6 Å². The normalized spacial score (nSPS) is 27.9. The van der Waals surface area contributed by atoms with Gasteiger partial charge in [0.25, 0.3) is 0 Å². The lowest BCUT2D eigenvalue weighted by atomic mass is 10.1. The summed E-state index contributed by atoms with van der Waals surface area (Å²) in [5.41, 5.74) is 2.80. The van der Waals surface area contributed by atoms with Crippen molar-refractivity contribution in [3.8, 4) is 0 Å². The van der Waals surface area contributed by atoms with Gasteiger partial charge in [-0.15, -0.1) is 0 Å². The lowest BCUT2D eigenvalue weighted by Gasteiger charge is -2.39. The number of carbonyl (C=O) groups excluding carboxylic acids is 7. The predicted octanol–water partition coefficient (Wildman–Crippen LogP) is 3.99. The second-order valence-corrected chi connectivity index (χ2v) is 19.3. The third-order valence-corrected chi connectivity index (χ3v) is 14.9. The van der Waals surface area contributed by atoms with Gasteiger partial charge in [0.1, 0.15) is 29.8 Å². The number of likely N-dealkylation sites (N-methyl/N-ethyl adjacent to an activating group) is 1. The van der Waals surface area contributed by atoms with Crippen LogP contribution in [-0.2, 0) is 24.0 Å². The third kappa shape index (κ3) is 10.7. The molecule has 0 unspecified atom stereocenters. The van der Waals surface area contributed by atoms with Gasteiger partial charge in [-0.25, -0.2) is 18.4 Å². The number of hydrogen-bond donors (Lipinski definition) is 6. The van der Waals surface area contributed by atoms with Crippen molar-refractivity contribution >= 4 is 53.0 Å². The summed E-state index contributed by atoms with van der Waals surface area (Å²) >= 11 is 0. The molecule has 10 atom stereocenters. The topological polar surface area (TPSA) is 205 Å². The zero-order valence-electron chi connectivity index (χ0n) is 38.8. The molecule has 0 radical (unpaired) electrons. The van der Waals surface area contributed by atoms with Crippen LogP contribution >= 0.6 is 0 Å². The van der Waals surface area contributed by atoms with E-state index >= 15 is 0 Å². The molecule has 9 rings (SSSR count). The Morgan fingerprint density at radius 3 is 1.59 bits per heavy atom. The van der Waals surface area contributed by atoms with Crippen LogP contribution in [0.3, 0.4) is 0 Å². The molecule has 6 fully saturated rings. The molecule has 6 N–H and O–H groups in total. The summed E-state index contributed by atoms with van der Waals surface area (Å²) in [4.78, 5) is 102. The molecule has 366 valence electrons. The molecule has 69 heavy (non-hydrogen) atoms. The van der Waals surface area contributed by atoms with Crippen molar-refractivity contribution in [2.24, 2.45) is 0 Å². The van der Waals surface area contributed by atoms with E-state index in [1.54, 1.807) is 77.2 Å². The Balaban J connectivity index is 0.771. The number of urea groups is 2. The number of rotatable bonds is 11. The van der Waals surface area contributed by atoms with Gasteiger partial charge in [0.15, 0.2) is 0 Å². The van der Waals surface area contributed by atoms with Gasteiger partial charge in [-0.1, -0.05) is 24.3 Å². The molecule has 9 amide bonds. The fourth-order valence-corrected chi connectivity index (χ4v) is 10.6. The molecular weight excluding hydrogens is 891 g/mol. The van der Waals surface area contributed by atoms with E-state index in [0.29, 0.717) is 62.9 Å². The maximum absolute atomic E-state index is 14.4. The molecule has 17 nitrogen and oxygen atoms in total. The number of hydrogen-bond acceptors (Lipinski definition) is 8. The number of fused-ring (bicyclic) bond motifs is 2. The summed E-state index contributed by atoms with van der Waals surface area (Å²) in [6.45, 7) is 2.32. The standard InChI is InChI=1S/C50H60F2N10O7/c1-28(53-2)45(64)58-41-27-60(23-20-36-16-18-43(62(36)48(41)67)47(66)57-40-26-38(40)30-5-9-32(52)10-6-30)50(69)55-34-13-11-33(12-14-34)54-49(68)59-22-19-35-15-17-42(61(35)44(63)21-24-59)46(65)56-39-25-37(39)29-3-7-31(51)8-4-29/h3-14,28,35-43,53H,15-27H2,1-2H3,(H,54,68)(H,55,69)(H,56,65)(H,57,66)(H,58,64)/t28-,35+,36+,37+,38+,39-,40-,41-,42-,43-/m0/s1. The van der Waals surface area contributed by atoms with Gasteiger partial charge < -0.3 is 51.5 Å². The Bertz CT molecular complexity index is 2440. The van der Waals surface area contributed by atoms with Gasteiger partial charge in [0, 0.05) is 73.4 Å². The lowest BCUT2D eigenvalue weighted by molar-refractivity contribution is -0.144. The SMILES string of the molecule is CN[C@@H](C)C(=O)N[C@H]1CN(C(=O)Nc2ccc(NC(=O)N3CCC(=O)N4[C@H](CC[C@H]4C(=O)N[C@H]4C[C@@H]4c4ccc(F)cc4)CC3)cc2)CC[C@H]2CC[C@@H](C(=O)N[C@H]3C[C@@H]3c3ccc(F)cc3)N2C1=O. The van der Waals surface area contributed by atoms with Crippen LogP contribution in [0.15, 0.2) is 72.8 Å². The molecule has 0 spiro atoms. The Labute approximate surface area is 399 Å². The Kier molecular flexibility index (Phi) is 13.8. The first-order valence-electron chi connectivity index (χ1n) is 24.2. The number of anilines is 2. The summed E-state index contributed by atoms with van der Waals surface area (Å²) in [7, 11) is 1.62. The summed E-state index contributed by atoms with van der Waals surface area (Å²) < 4.78 is 26.9. The Morgan fingerprint density at radius 1 is 0.594 bits per heavy atom. The van der Waals surface area contributed by atoms with Gasteiger partial charge in [0.2, 0.25) is 29.5 Å². The molecule has 3 aromatic carbocycles. The van der Waals surface area contributed by atoms with Crippen molar-refractivity contribution in [2.75, 3.05) is 43.9 Å². The van der Waals surface area contributed by atoms with Crippen LogP contribution in [0.5, 0.6) is 0 Å². The molecule has 2 saturated carbocycles. The molecule has 2 aliphatic carbocycles. The first kappa shape index (κ1) is 47.4. The molecule has 3 aromatic rings. The highest BCUT2D eigenvalue weighted by atomic mass is 19.1. The van der Waals surface area contributed by atoms with Crippen LogP contribution in [0.2, 0.25) is 0 Å². The zero-order valence-corrected chi connectivity index (χ0v) is 38.8. The summed E-state index contributed by atoms with van der Waals surface area (Å²) in [5.74, 6) is -1.96. The number of amides is 9. The van der Waals surface area contributed by atoms with E-state index in [1.165, 1.54) is 29.2 Å². The number of halogens is 2. The predicted molar refractivity (Wildman–Crippen MR) is 251 cm³/mol. The second-order valence-electron chi connectivity index (χ2n) is 19.3. The van der Waals surface area contributed by atoms with Crippen LogP contribution in [-0.4, -0.2) is 143 Å². The quantitative estimate of drug-likeness (QED) is 0.166. The number of benzene rings is 3. The maximum atomic E-state index is 14.4. The first-order chi connectivity index (χ1) is 33.2. The Morgan fingerprint density at radius 2 is 1.07 bits per heavy atom. The molecule has 4 heterocycles.